The van der Waals surface area contributed by atoms with Crippen LogP contribution in [0.25, 0.3) is 0 Å². The van der Waals surface area contributed by atoms with E-state index in [2.05, 4.69) is 9.72 Å². The Balaban J connectivity index is 2.08. The molecule has 1 N–H and O–H groups in total. The summed E-state index contributed by atoms with van der Waals surface area (Å²) >= 11 is 0. The van der Waals surface area contributed by atoms with Gasteiger partial charge in [-0.1, -0.05) is 18.2 Å². The summed E-state index contributed by atoms with van der Waals surface area (Å²) < 4.78 is 32.7. The normalized spacial score (nSPS) is 16.6. The second kappa shape index (κ2) is 6.11. The van der Waals surface area contributed by atoms with Crippen molar-refractivity contribution in [2.75, 3.05) is 4.90 Å². The van der Waals surface area contributed by atoms with Crippen molar-refractivity contribution in [3.05, 3.63) is 53.3 Å². The first kappa shape index (κ1) is 16.8. The van der Waals surface area contributed by atoms with E-state index in [4.69, 9.17) is 5.26 Å². The van der Waals surface area contributed by atoms with Gasteiger partial charge in [-0.25, -0.2) is 4.98 Å². The molecule has 0 radical (unpaired) electrons. The fourth-order valence-electron chi connectivity index (χ4n) is 2.58. The zero-order valence-electron chi connectivity index (χ0n) is 13.1. The van der Waals surface area contributed by atoms with Crippen LogP contribution in [0, 0.1) is 11.3 Å². The molecule has 8 heteroatoms. The van der Waals surface area contributed by atoms with E-state index in [9.17, 15) is 18.7 Å². The number of rotatable bonds is 3. The molecule has 0 spiro atoms. The second-order valence-corrected chi connectivity index (χ2v) is 5.51. The van der Waals surface area contributed by atoms with Crippen LogP contribution in [0.1, 0.15) is 30.0 Å². The van der Waals surface area contributed by atoms with Crippen molar-refractivity contribution in [3.63, 3.8) is 0 Å². The fourth-order valence-corrected chi connectivity index (χ4v) is 2.58. The predicted octanol–water partition coefficient (Wildman–Crippen LogP) is 2.52. The maximum atomic E-state index is 14.1. The third-order valence-electron chi connectivity index (χ3n) is 3.73. The first-order valence-corrected chi connectivity index (χ1v) is 7.39. The number of pyridine rings is 1. The van der Waals surface area contributed by atoms with E-state index in [1.165, 1.54) is 37.3 Å². The molecule has 1 unspecified atom stereocenters. The summed E-state index contributed by atoms with van der Waals surface area (Å²) in [5.74, 6) is -1.79. The van der Waals surface area contributed by atoms with Crippen LogP contribution in [0.5, 0.6) is 5.75 Å². The van der Waals surface area contributed by atoms with Crippen LogP contribution in [-0.4, -0.2) is 22.1 Å². The number of hydrogen-bond donors (Lipinski definition) is 1. The molecule has 3 rings (SSSR count). The zero-order valence-corrected chi connectivity index (χ0v) is 13.1. The summed E-state index contributed by atoms with van der Waals surface area (Å²) in [5.41, 5.74) is 0.647. The molecule has 0 bridgehead atoms. The number of nitrogens with zero attached hydrogens (tertiary/aromatic N) is 3. The number of aliphatic hydroxyl groups is 1. The topological polar surface area (TPSA) is 86.5 Å². The maximum absolute atomic E-state index is 14.1. The van der Waals surface area contributed by atoms with Gasteiger partial charge in [0.2, 0.25) is 0 Å². The standard InChI is InChI=1S/C17H13F2N3O3/c1-10(23)13-6-3-7-14-15(13)25-17(18,19)16(24)22(14)9-12-5-2-4-11(8-20)21-12/h2-7,10,23H,9H2,1H3. The van der Waals surface area contributed by atoms with Crippen molar-refractivity contribution in [1.29, 1.82) is 5.26 Å². The number of halogens is 2. The zero-order chi connectivity index (χ0) is 18.2. The third kappa shape index (κ3) is 3.02. The van der Waals surface area contributed by atoms with Crippen molar-refractivity contribution in [2.24, 2.45) is 0 Å². The number of carbonyl (C=O) groups excluding carboxylic acids is 1. The van der Waals surface area contributed by atoms with Crippen molar-refractivity contribution < 1.29 is 23.4 Å². The Morgan fingerprint density at radius 1 is 1.36 bits per heavy atom. The molecule has 25 heavy (non-hydrogen) atoms. The van der Waals surface area contributed by atoms with Crippen LogP contribution in [-0.2, 0) is 11.3 Å². The largest absolute Gasteiger partial charge is 0.483 e. The highest BCUT2D eigenvalue weighted by Gasteiger charge is 2.51. The van der Waals surface area contributed by atoms with Gasteiger partial charge in [-0.15, -0.1) is 0 Å². The molecule has 128 valence electrons. The highest BCUT2D eigenvalue weighted by Crippen LogP contribution is 2.44. The van der Waals surface area contributed by atoms with Crippen LogP contribution in [0.2, 0.25) is 0 Å². The lowest BCUT2D eigenvalue weighted by Gasteiger charge is -2.34. The number of aromatic nitrogens is 1. The Kier molecular flexibility index (Phi) is 4.10. The highest BCUT2D eigenvalue weighted by atomic mass is 19.3. The molecule has 1 aromatic carbocycles. The van der Waals surface area contributed by atoms with Crippen LogP contribution in [0.3, 0.4) is 0 Å². The van der Waals surface area contributed by atoms with Gasteiger partial charge in [0.25, 0.3) is 0 Å². The van der Waals surface area contributed by atoms with E-state index in [1.54, 1.807) is 6.07 Å². The lowest BCUT2D eigenvalue weighted by molar-refractivity contribution is -0.193. The smallest absolute Gasteiger partial charge is 0.423 e. The number of para-hydroxylation sites is 1. The number of ether oxygens (including phenoxy) is 1. The molecule has 6 nitrogen and oxygen atoms in total. The Morgan fingerprint density at radius 2 is 2.08 bits per heavy atom. The van der Waals surface area contributed by atoms with Crippen molar-refractivity contribution in [2.45, 2.75) is 25.7 Å². The molecule has 0 saturated heterocycles. The van der Waals surface area contributed by atoms with Gasteiger partial charge in [-0.2, -0.15) is 14.0 Å². The number of amides is 1. The molecule has 1 amide bonds. The summed E-state index contributed by atoms with van der Waals surface area (Å²) in [4.78, 5) is 17.0. The summed E-state index contributed by atoms with van der Waals surface area (Å²) in [7, 11) is 0. The number of aliphatic hydroxyl groups excluding tert-OH is 1. The molecule has 1 aromatic heterocycles. The van der Waals surface area contributed by atoms with E-state index in [1.807, 2.05) is 6.07 Å². The summed E-state index contributed by atoms with van der Waals surface area (Å²) in [6.07, 6.45) is -5.12. The number of carbonyl (C=O) groups is 1. The minimum atomic E-state index is -4.06. The van der Waals surface area contributed by atoms with Crippen LogP contribution in [0.15, 0.2) is 36.4 Å². The van der Waals surface area contributed by atoms with E-state index in [-0.39, 0.29) is 34.9 Å². The Hall–Kier alpha value is -3.05. The van der Waals surface area contributed by atoms with E-state index >= 15 is 0 Å². The average molecular weight is 345 g/mol. The van der Waals surface area contributed by atoms with Crippen LogP contribution in [0.4, 0.5) is 14.5 Å². The van der Waals surface area contributed by atoms with Gasteiger partial charge in [-0.05, 0) is 25.1 Å². The molecule has 0 saturated carbocycles. The van der Waals surface area contributed by atoms with Crippen molar-refractivity contribution >= 4 is 11.6 Å². The molecule has 0 fully saturated rings. The Morgan fingerprint density at radius 3 is 2.76 bits per heavy atom. The minimum Gasteiger partial charge on any atom is -0.423 e. The third-order valence-corrected chi connectivity index (χ3v) is 3.73. The fraction of sp³-hybridized carbons (Fsp3) is 0.235. The number of hydrogen-bond acceptors (Lipinski definition) is 5. The molecule has 1 atom stereocenters. The quantitative estimate of drug-likeness (QED) is 0.924. The molecule has 0 aliphatic carbocycles. The van der Waals surface area contributed by atoms with Gasteiger partial charge in [-0.3, -0.25) is 9.69 Å². The summed E-state index contributed by atoms with van der Waals surface area (Å²) in [5, 5.41) is 18.7. The monoisotopic (exact) mass is 345 g/mol. The van der Waals surface area contributed by atoms with Gasteiger partial charge in [0.15, 0.2) is 5.75 Å². The van der Waals surface area contributed by atoms with Gasteiger partial charge < -0.3 is 9.84 Å². The molecular weight excluding hydrogens is 332 g/mol. The first-order chi connectivity index (χ1) is 11.8. The van der Waals surface area contributed by atoms with Gasteiger partial charge in [0.05, 0.1) is 24.0 Å². The van der Waals surface area contributed by atoms with Crippen LogP contribution >= 0.6 is 0 Å². The minimum absolute atomic E-state index is 0.110. The number of nitriles is 1. The molecule has 1 aliphatic heterocycles. The second-order valence-electron chi connectivity index (χ2n) is 5.51. The van der Waals surface area contributed by atoms with E-state index < -0.39 is 18.1 Å². The molecule has 1 aliphatic rings. The van der Waals surface area contributed by atoms with Crippen LogP contribution < -0.4 is 9.64 Å². The van der Waals surface area contributed by atoms with Crippen molar-refractivity contribution in [3.8, 4) is 11.8 Å². The molecular formula is C17H13F2N3O3. The first-order valence-electron chi connectivity index (χ1n) is 7.39. The summed E-state index contributed by atoms with van der Waals surface area (Å²) in [6, 6.07) is 10.8. The summed E-state index contributed by atoms with van der Waals surface area (Å²) in [6.45, 7) is 1.15. The lowest BCUT2D eigenvalue weighted by atomic mass is 10.1. The predicted molar refractivity (Wildman–Crippen MR) is 82.8 cm³/mol. The average Bonchev–Trinajstić information content (AvgIpc) is 2.58. The number of benzene rings is 1. The lowest BCUT2D eigenvalue weighted by Crippen LogP contribution is -2.50. The highest BCUT2D eigenvalue weighted by molar-refractivity contribution is 6.01. The van der Waals surface area contributed by atoms with Gasteiger partial charge in [0, 0.05) is 5.56 Å². The number of fused-ring (bicyclic) bond motifs is 1. The van der Waals surface area contributed by atoms with E-state index in [0.717, 1.165) is 4.90 Å². The van der Waals surface area contributed by atoms with Gasteiger partial charge >= 0.3 is 12.0 Å². The number of alkyl halides is 2. The molecule has 2 aromatic rings. The maximum Gasteiger partial charge on any atom is 0.483 e. The van der Waals surface area contributed by atoms with Gasteiger partial charge in [0.1, 0.15) is 11.8 Å². The number of anilines is 1. The molecule has 2 heterocycles. The Bertz CT molecular complexity index is 878. The SMILES string of the molecule is CC(O)c1cccc2c1OC(F)(F)C(=O)N2Cc1cccc(C#N)n1. The van der Waals surface area contributed by atoms with Crippen molar-refractivity contribution in [1.82, 2.24) is 4.98 Å². The van der Waals surface area contributed by atoms with E-state index in [0.29, 0.717) is 0 Å². The Labute approximate surface area is 141 Å².